The molecule has 0 aliphatic carbocycles. The Morgan fingerprint density at radius 2 is 1.25 bits per heavy atom. The molecule has 2 N–H and O–H groups in total. The van der Waals surface area contributed by atoms with Crippen LogP contribution >= 0.6 is 0 Å². The summed E-state index contributed by atoms with van der Waals surface area (Å²) in [5.74, 6) is 1.14. The van der Waals surface area contributed by atoms with Gasteiger partial charge in [0, 0.05) is 18.7 Å². The summed E-state index contributed by atoms with van der Waals surface area (Å²) in [6.45, 7) is 12.1. The predicted octanol–water partition coefficient (Wildman–Crippen LogP) is 9.18. The Balaban J connectivity index is 1.05. The molecule has 4 heterocycles. The lowest BCUT2D eigenvalue weighted by atomic mass is 9.98. The van der Waals surface area contributed by atoms with Crippen LogP contribution in [0.4, 0.5) is 9.59 Å². The maximum atomic E-state index is 13.0. The van der Waals surface area contributed by atoms with E-state index in [1.165, 1.54) is 0 Å². The summed E-state index contributed by atoms with van der Waals surface area (Å²) in [5.41, 5.74) is 4.75. The Bertz CT molecular complexity index is 2150. The monoisotopic (exact) mass is 699 g/mol. The molecule has 0 saturated carbocycles. The van der Waals surface area contributed by atoms with Gasteiger partial charge in [0.05, 0.1) is 47.9 Å². The second kappa shape index (κ2) is 13.5. The maximum absolute atomic E-state index is 13.0. The number of rotatable bonds is 5. The number of ether oxygens (including phenoxy) is 2. The molecule has 2 amide bonds. The minimum atomic E-state index is -0.633. The van der Waals surface area contributed by atoms with E-state index < -0.39 is 17.3 Å². The molecule has 11 heteroatoms. The van der Waals surface area contributed by atoms with E-state index in [-0.39, 0.29) is 24.1 Å². The molecule has 0 bridgehead atoms. The molecule has 2 aromatic heterocycles. The lowest BCUT2D eigenvalue weighted by Crippen LogP contribution is -2.37. The van der Waals surface area contributed by atoms with Gasteiger partial charge in [-0.2, -0.15) is 5.26 Å². The number of H-pyrrole nitrogens is 2. The van der Waals surface area contributed by atoms with Crippen LogP contribution in [0.3, 0.4) is 0 Å². The van der Waals surface area contributed by atoms with Gasteiger partial charge >= 0.3 is 12.2 Å². The van der Waals surface area contributed by atoms with Gasteiger partial charge in [0.15, 0.2) is 0 Å². The number of likely N-dealkylation sites (tertiary alicyclic amines) is 2. The number of aromatic nitrogens is 4. The van der Waals surface area contributed by atoms with Gasteiger partial charge in [0.2, 0.25) is 0 Å². The quantitative estimate of drug-likeness (QED) is 0.186. The van der Waals surface area contributed by atoms with Crippen LogP contribution in [-0.4, -0.2) is 66.2 Å². The lowest BCUT2D eigenvalue weighted by Gasteiger charge is -2.27. The molecule has 3 aromatic carbocycles. The highest BCUT2D eigenvalue weighted by molar-refractivity contribution is 5.90. The minimum Gasteiger partial charge on any atom is -0.444 e. The van der Waals surface area contributed by atoms with Crippen molar-refractivity contribution in [1.29, 1.82) is 5.26 Å². The molecule has 3 atom stereocenters. The number of nitrogens with one attached hydrogen (secondary N) is 2. The second-order valence-electron chi connectivity index (χ2n) is 15.8. The van der Waals surface area contributed by atoms with Crippen LogP contribution in [0, 0.1) is 17.2 Å². The third-order valence-electron chi connectivity index (χ3n) is 9.50. The number of carbonyl (C=O) groups is 2. The zero-order chi connectivity index (χ0) is 36.8. The van der Waals surface area contributed by atoms with Gasteiger partial charge in [0.25, 0.3) is 0 Å². The number of hydrogen-bond acceptors (Lipinski definition) is 7. The summed E-state index contributed by atoms with van der Waals surface area (Å²) in [5, 5.41) is 11.8. The normalized spacial score (nSPS) is 19.2. The molecule has 52 heavy (non-hydrogen) atoms. The molecule has 0 spiro atoms. The van der Waals surface area contributed by atoms with E-state index in [2.05, 4.69) is 86.7 Å². The Morgan fingerprint density at radius 1 is 0.731 bits per heavy atom. The molecular formula is C41H45N7O4. The first-order valence-electron chi connectivity index (χ1n) is 17.9. The predicted molar refractivity (Wildman–Crippen MR) is 199 cm³/mol. The molecule has 2 aliphatic heterocycles. The number of aromatic amines is 2. The van der Waals surface area contributed by atoms with Crippen molar-refractivity contribution >= 4 is 23.0 Å². The van der Waals surface area contributed by atoms with Crippen molar-refractivity contribution in [3.8, 4) is 39.7 Å². The highest BCUT2D eigenvalue weighted by Crippen LogP contribution is 2.37. The SMILES string of the molecule is CC(C)(C)OC(=O)N1CCC[C@H]1c1ncc(-c2ccc3cc(-c4ccc(-c5cnc([C@@H]6C[C@H](C#N)CN6C(=O)OC(C)(C)C)[nH]5)cc4)ccc3c2)[nH]1. The van der Waals surface area contributed by atoms with E-state index in [0.29, 0.717) is 25.3 Å². The molecule has 0 unspecified atom stereocenters. The third-order valence-corrected chi connectivity index (χ3v) is 9.50. The van der Waals surface area contributed by atoms with Gasteiger partial charge in [-0.1, -0.05) is 48.5 Å². The van der Waals surface area contributed by atoms with Gasteiger partial charge < -0.3 is 19.4 Å². The largest absolute Gasteiger partial charge is 0.444 e. The number of imidazole rings is 2. The molecule has 2 fully saturated rings. The maximum Gasteiger partial charge on any atom is 0.410 e. The Labute approximate surface area is 304 Å². The fraction of sp³-hybridized carbons (Fsp3) is 0.390. The van der Waals surface area contributed by atoms with Crippen molar-refractivity contribution in [1.82, 2.24) is 29.7 Å². The number of nitrogens with zero attached hydrogens (tertiary/aromatic N) is 5. The molecule has 2 aliphatic rings. The van der Waals surface area contributed by atoms with Gasteiger partial charge in [0.1, 0.15) is 22.9 Å². The van der Waals surface area contributed by atoms with Gasteiger partial charge in [-0.25, -0.2) is 19.6 Å². The highest BCUT2D eigenvalue weighted by atomic mass is 16.6. The summed E-state index contributed by atoms with van der Waals surface area (Å²) in [4.78, 5) is 45.3. The van der Waals surface area contributed by atoms with Crippen LogP contribution in [0.15, 0.2) is 73.1 Å². The second-order valence-corrected chi connectivity index (χ2v) is 15.8. The van der Waals surface area contributed by atoms with E-state index in [1.54, 1.807) is 16.0 Å². The molecular weight excluding hydrogens is 654 g/mol. The summed E-state index contributed by atoms with van der Waals surface area (Å²) in [6, 6.07) is 22.9. The molecule has 5 aromatic rings. The fourth-order valence-corrected chi connectivity index (χ4v) is 7.04. The van der Waals surface area contributed by atoms with E-state index in [4.69, 9.17) is 9.47 Å². The van der Waals surface area contributed by atoms with Crippen LogP contribution in [-0.2, 0) is 9.47 Å². The van der Waals surface area contributed by atoms with Gasteiger partial charge in [-0.3, -0.25) is 9.80 Å². The van der Waals surface area contributed by atoms with Crippen molar-refractivity contribution in [2.24, 2.45) is 5.92 Å². The van der Waals surface area contributed by atoms with E-state index in [9.17, 15) is 14.9 Å². The summed E-state index contributed by atoms with van der Waals surface area (Å²) in [6.07, 6.45) is 5.13. The highest BCUT2D eigenvalue weighted by Gasteiger charge is 2.40. The first kappa shape index (κ1) is 34.8. The summed E-state index contributed by atoms with van der Waals surface area (Å²) >= 11 is 0. The van der Waals surface area contributed by atoms with Gasteiger partial charge in [-0.05, 0) is 100 Å². The first-order chi connectivity index (χ1) is 24.7. The van der Waals surface area contributed by atoms with Crippen molar-refractivity contribution in [3.05, 3.63) is 84.7 Å². The lowest BCUT2D eigenvalue weighted by molar-refractivity contribution is 0.0207. The molecule has 11 nitrogen and oxygen atoms in total. The minimum absolute atomic E-state index is 0.132. The number of fused-ring (bicyclic) bond motifs is 1. The molecule has 0 radical (unpaired) electrons. The molecule has 7 rings (SSSR count). The van der Waals surface area contributed by atoms with Crippen LogP contribution in [0.1, 0.15) is 84.5 Å². The number of amides is 2. The zero-order valence-corrected chi connectivity index (χ0v) is 30.6. The Kier molecular flexibility index (Phi) is 9.03. The van der Waals surface area contributed by atoms with Crippen LogP contribution in [0.2, 0.25) is 0 Å². The Hall–Kier alpha value is -5.63. The fourth-order valence-electron chi connectivity index (χ4n) is 7.04. The number of nitriles is 1. The summed E-state index contributed by atoms with van der Waals surface area (Å²) < 4.78 is 11.3. The molecule has 268 valence electrons. The first-order valence-corrected chi connectivity index (χ1v) is 17.9. The van der Waals surface area contributed by atoms with Crippen molar-refractivity contribution in [3.63, 3.8) is 0 Å². The van der Waals surface area contributed by atoms with E-state index in [1.807, 2.05) is 47.7 Å². The number of benzene rings is 3. The van der Waals surface area contributed by atoms with E-state index in [0.717, 1.165) is 63.1 Å². The smallest absolute Gasteiger partial charge is 0.410 e. The van der Waals surface area contributed by atoms with Crippen LogP contribution in [0.5, 0.6) is 0 Å². The zero-order valence-electron chi connectivity index (χ0n) is 30.6. The van der Waals surface area contributed by atoms with Crippen LogP contribution in [0.25, 0.3) is 44.4 Å². The van der Waals surface area contributed by atoms with Crippen molar-refractivity contribution in [2.75, 3.05) is 13.1 Å². The van der Waals surface area contributed by atoms with Crippen LogP contribution < -0.4 is 0 Å². The topological polar surface area (TPSA) is 140 Å². The average molecular weight is 700 g/mol. The number of hydrogen-bond donors (Lipinski definition) is 2. The van der Waals surface area contributed by atoms with Gasteiger partial charge in [-0.15, -0.1) is 0 Å². The average Bonchev–Trinajstić information content (AvgIpc) is 3.92. The number of carbonyl (C=O) groups excluding carboxylic acids is 2. The van der Waals surface area contributed by atoms with Crippen molar-refractivity contribution in [2.45, 2.75) is 84.1 Å². The summed E-state index contributed by atoms with van der Waals surface area (Å²) in [7, 11) is 0. The Morgan fingerprint density at radius 3 is 1.87 bits per heavy atom. The van der Waals surface area contributed by atoms with Crippen molar-refractivity contribution < 1.29 is 19.1 Å². The standard InChI is InChI=1S/C41H45N7O4/c1-40(2,3)51-38(49)47-17-7-8-34(47)36-43-23-33(46-36)31-16-15-29-19-28(13-14-30(29)20-31)26-9-11-27(12-10-26)32-22-44-37(45-32)35-18-25(21-42)24-48(35)39(50)52-41(4,5)6/h9-16,19-20,22-23,25,34-35H,7-8,17-18,24H2,1-6H3,(H,43,46)(H,44,45)/t25-,34+,35+/m1/s1. The molecule has 2 saturated heterocycles. The third kappa shape index (κ3) is 7.38. The van der Waals surface area contributed by atoms with E-state index >= 15 is 0 Å².